The molecule has 94 valence electrons. The summed E-state index contributed by atoms with van der Waals surface area (Å²) in [6.07, 6.45) is 0.750. The maximum absolute atomic E-state index is 5.98. The van der Waals surface area contributed by atoms with E-state index in [0.717, 1.165) is 11.9 Å². The van der Waals surface area contributed by atoms with E-state index in [4.69, 9.17) is 34.3 Å². The van der Waals surface area contributed by atoms with Crippen LogP contribution in [-0.2, 0) is 5.75 Å². The zero-order valence-corrected chi connectivity index (χ0v) is 11.6. The molecule has 0 radical (unpaired) electrons. The molecule has 0 fully saturated rings. The Kier molecular flexibility index (Phi) is 8.66. The summed E-state index contributed by atoms with van der Waals surface area (Å²) in [4.78, 5) is 3.84. The van der Waals surface area contributed by atoms with Gasteiger partial charge in [0.1, 0.15) is 0 Å². The van der Waals surface area contributed by atoms with E-state index in [1.165, 1.54) is 11.8 Å². The van der Waals surface area contributed by atoms with E-state index in [2.05, 4.69) is 10.7 Å². The van der Waals surface area contributed by atoms with Crippen LogP contribution in [0.5, 0.6) is 0 Å². The van der Waals surface area contributed by atoms with Gasteiger partial charge in [-0.15, -0.1) is 0 Å². The van der Waals surface area contributed by atoms with Gasteiger partial charge in [0.2, 0.25) is 0 Å². The minimum Gasteiger partial charge on any atom is -0.390 e. The number of benzene rings is 1. The summed E-state index contributed by atoms with van der Waals surface area (Å²) in [6.45, 7) is 0. The van der Waals surface area contributed by atoms with Crippen LogP contribution in [-0.4, -0.2) is 18.6 Å². The predicted octanol–water partition coefficient (Wildman–Crippen LogP) is 2.72. The van der Waals surface area contributed by atoms with Crippen LogP contribution in [0.2, 0.25) is 10.0 Å². The van der Waals surface area contributed by atoms with Gasteiger partial charge in [0.15, 0.2) is 5.17 Å². The SMILES string of the molecule is CN=C(N)SCc1ccc(Cl)cc1Cl.N=CN. The molecule has 0 aromatic heterocycles. The topological polar surface area (TPSA) is 88.2 Å². The van der Waals surface area contributed by atoms with Gasteiger partial charge >= 0.3 is 0 Å². The van der Waals surface area contributed by atoms with Crippen LogP contribution >= 0.6 is 35.0 Å². The van der Waals surface area contributed by atoms with Crippen molar-refractivity contribution in [3.05, 3.63) is 33.8 Å². The maximum Gasteiger partial charge on any atom is 0.153 e. The summed E-state index contributed by atoms with van der Waals surface area (Å²) in [5.41, 5.74) is 10.9. The molecule has 7 heteroatoms. The molecule has 0 aliphatic heterocycles. The van der Waals surface area contributed by atoms with Crippen molar-refractivity contribution in [2.24, 2.45) is 16.5 Å². The van der Waals surface area contributed by atoms with Gasteiger partial charge < -0.3 is 11.5 Å². The molecular formula is C10H14Cl2N4S. The molecule has 5 N–H and O–H groups in total. The third-order valence-corrected chi connectivity index (χ3v) is 3.13. The number of aliphatic imine (C=N–C) groups is 1. The fourth-order valence-corrected chi connectivity index (χ4v) is 2.09. The molecule has 0 aliphatic rings. The Hall–Kier alpha value is -0.910. The lowest BCUT2D eigenvalue weighted by atomic mass is 10.2. The Bertz CT molecular complexity index is 396. The Morgan fingerprint density at radius 1 is 1.53 bits per heavy atom. The molecule has 0 atom stereocenters. The molecule has 1 aromatic carbocycles. The number of hydrogen-bond donors (Lipinski definition) is 3. The first-order valence-electron chi connectivity index (χ1n) is 4.54. The molecule has 4 nitrogen and oxygen atoms in total. The third kappa shape index (κ3) is 7.10. The highest BCUT2D eigenvalue weighted by Crippen LogP contribution is 2.24. The minimum absolute atomic E-state index is 0.552. The number of rotatable bonds is 2. The monoisotopic (exact) mass is 292 g/mol. The molecule has 0 saturated carbocycles. The second-order valence-corrected chi connectivity index (χ2v) is 4.59. The summed E-state index contributed by atoms with van der Waals surface area (Å²) in [7, 11) is 1.66. The summed E-state index contributed by atoms with van der Waals surface area (Å²) in [6, 6.07) is 5.42. The van der Waals surface area contributed by atoms with Gasteiger partial charge in [0, 0.05) is 22.8 Å². The molecule has 0 aliphatic carbocycles. The highest BCUT2D eigenvalue weighted by Gasteiger charge is 2.02. The van der Waals surface area contributed by atoms with Crippen LogP contribution in [0, 0.1) is 5.41 Å². The molecule has 0 amide bonds. The Morgan fingerprint density at radius 2 is 2.12 bits per heavy atom. The minimum atomic E-state index is 0.552. The molecular weight excluding hydrogens is 279 g/mol. The van der Waals surface area contributed by atoms with Gasteiger partial charge in [-0.25, -0.2) is 0 Å². The zero-order valence-electron chi connectivity index (χ0n) is 9.28. The van der Waals surface area contributed by atoms with Gasteiger partial charge in [-0.3, -0.25) is 10.4 Å². The second-order valence-electron chi connectivity index (χ2n) is 2.75. The fraction of sp³-hybridized carbons (Fsp3) is 0.200. The van der Waals surface area contributed by atoms with Crippen LogP contribution in [0.25, 0.3) is 0 Å². The van der Waals surface area contributed by atoms with E-state index < -0.39 is 0 Å². The largest absolute Gasteiger partial charge is 0.390 e. The van der Waals surface area contributed by atoms with Crippen LogP contribution in [0.15, 0.2) is 23.2 Å². The van der Waals surface area contributed by atoms with Crippen molar-refractivity contribution in [2.75, 3.05) is 7.05 Å². The van der Waals surface area contributed by atoms with E-state index in [9.17, 15) is 0 Å². The van der Waals surface area contributed by atoms with Crippen molar-refractivity contribution in [3.8, 4) is 0 Å². The van der Waals surface area contributed by atoms with Gasteiger partial charge in [0.05, 0.1) is 6.34 Å². The normalized spacial score (nSPS) is 10.4. The number of thioether (sulfide) groups is 1. The summed E-state index contributed by atoms with van der Waals surface area (Å²) < 4.78 is 0. The van der Waals surface area contributed by atoms with Crippen molar-refractivity contribution in [1.29, 1.82) is 5.41 Å². The number of nitrogens with zero attached hydrogens (tertiary/aromatic N) is 1. The first kappa shape index (κ1) is 16.1. The average Bonchev–Trinajstić information content (AvgIpc) is 2.28. The van der Waals surface area contributed by atoms with Crippen molar-refractivity contribution < 1.29 is 0 Å². The Balaban J connectivity index is 0.000000770. The van der Waals surface area contributed by atoms with Crippen molar-refractivity contribution in [2.45, 2.75) is 5.75 Å². The summed E-state index contributed by atoms with van der Waals surface area (Å²) in [5.74, 6) is 0.708. The highest BCUT2D eigenvalue weighted by molar-refractivity contribution is 8.13. The number of amidine groups is 1. The summed E-state index contributed by atoms with van der Waals surface area (Å²) in [5, 5.41) is 7.71. The third-order valence-electron chi connectivity index (χ3n) is 1.61. The van der Waals surface area contributed by atoms with E-state index in [-0.39, 0.29) is 0 Å². The van der Waals surface area contributed by atoms with Crippen LogP contribution < -0.4 is 11.5 Å². The fourth-order valence-electron chi connectivity index (χ4n) is 0.855. The molecule has 0 saturated heterocycles. The van der Waals surface area contributed by atoms with Crippen LogP contribution in [0.1, 0.15) is 5.56 Å². The zero-order chi connectivity index (χ0) is 13.3. The predicted molar refractivity (Wildman–Crippen MR) is 78.3 cm³/mol. The average molecular weight is 293 g/mol. The number of hydrogen-bond acceptors (Lipinski definition) is 3. The highest BCUT2D eigenvalue weighted by atomic mass is 35.5. The maximum atomic E-state index is 5.98. The quantitative estimate of drug-likeness (QED) is 0.578. The van der Waals surface area contributed by atoms with E-state index in [1.807, 2.05) is 12.1 Å². The molecule has 1 rings (SSSR count). The molecule has 0 unspecified atom stereocenters. The van der Waals surface area contributed by atoms with Gasteiger partial charge in [-0.2, -0.15) is 0 Å². The lowest BCUT2D eigenvalue weighted by Crippen LogP contribution is -2.06. The second kappa shape index (κ2) is 9.15. The molecule has 17 heavy (non-hydrogen) atoms. The van der Waals surface area contributed by atoms with E-state index in [1.54, 1.807) is 13.1 Å². The van der Waals surface area contributed by atoms with Gasteiger partial charge in [0.25, 0.3) is 0 Å². The van der Waals surface area contributed by atoms with E-state index >= 15 is 0 Å². The number of halogens is 2. The molecule has 0 bridgehead atoms. The van der Waals surface area contributed by atoms with Crippen LogP contribution in [0.3, 0.4) is 0 Å². The van der Waals surface area contributed by atoms with Gasteiger partial charge in [-0.1, -0.05) is 41.0 Å². The molecule has 0 heterocycles. The smallest absolute Gasteiger partial charge is 0.153 e. The van der Waals surface area contributed by atoms with Crippen molar-refractivity contribution in [1.82, 2.24) is 0 Å². The standard InChI is InChI=1S/C9H10Cl2N2S.CH4N2/c1-13-9(12)14-5-6-2-3-7(10)4-8(6)11;2-1-3/h2-4H,5H2,1H3,(H2,12,13);1H,(H3,2,3). The number of nitrogens with two attached hydrogens (primary N) is 2. The lowest BCUT2D eigenvalue weighted by molar-refractivity contribution is 1.41. The lowest BCUT2D eigenvalue weighted by Gasteiger charge is -2.03. The van der Waals surface area contributed by atoms with Crippen LogP contribution in [0.4, 0.5) is 0 Å². The van der Waals surface area contributed by atoms with E-state index in [0.29, 0.717) is 21.0 Å². The van der Waals surface area contributed by atoms with Crippen molar-refractivity contribution in [3.63, 3.8) is 0 Å². The first-order chi connectivity index (χ1) is 8.04. The Labute approximate surface area is 115 Å². The molecule has 1 aromatic rings. The van der Waals surface area contributed by atoms with Gasteiger partial charge in [-0.05, 0) is 17.7 Å². The first-order valence-corrected chi connectivity index (χ1v) is 6.29. The number of nitrogens with one attached hydrogen (secondary N) is 1. The van der Waals surface area contributed by atoms with Crippen molar-refractivity contribution >= 4 is 46.5 Å². The summed E-state index contributed by atoms with van der Waals surface area (Å²) >= 11 is 13.2. The molecule has 0 spiro atoms. The Morgan fingerprint density at radius 3 is 2.59 bits per heavy atom.